The first-order valence-corrected chi connectivity index (χ1v) is 7.33. The van der Waals surface area contributed by atoms with E-state index in [-0.39, 0.29) is 0 Å². The van der Waals surface area contributed by atoms with Crippen LogP contribution in [0.3, 0.4) is 0 Å². The summed E-state index contributed by atoms with van der Waals surface area (Å²) in [7, 11) is 0. The van der Waals surface area contributed by atoms with Crippen molar-refractivity contribution in [2.75, 3.05) is 12.3 Å². The number of nitrogens with zero attached hydrogens (tertiary/aromatic N) is 2. The van der Waals surface area contributed by atoms with Gasteiger partial charge in [-0.25, -0.2) is 0 Å². The predicted molar refractivity (Wildman–Crippen MR) is 81.1 cm³/mol. The van der Waals surface area contributed by atoms with Gasteiger partial charge in [-0.05, 0) is 38.5 Å². The van der Waals surface area contributed by atoms with Crippen LogP contribution in [-0.2, 0) is 10.3 Å². The van der Waals surface area contributed by atoms with Crippen LogP contribution in [-0.4, -0.2) is 16.7 Å². The standard InChI is InChI=1S/C14H18BrN3O2/c1-4-14(3,19-5-2)13-17-12(20-18-13)10-7-6-9(15)8-11(10)16/h6-8H,4-5,16H2,1-3H3. The number of hydrogen-bond acceptors (Lipinski definition) is 5. The van der Waals surface area contributed by atoms with Gasteiger partial charge in [0, 0.05) is 16.8 Å². The Morgan fingerprint density at radius 2 is 2.15 bits per heavy atom. The molecular formula is C14H18BrN3O2. The molecule has 2 aromatic rings. The van der Waals surface area contributed by atoms with Gasteiger partial charge >= 0.3 is 0 Å². The average molecular weight is 340 g/mol. The van der Waals surface area contributed by atoms with Crippen LogP contribution in [0.5, 0.6) is 0 Å². The lowest BCUT2D eigenvalue weighted by Gasteiger charge is -2.23. The Balaban J connectivity index is 2.37. The number of benzene rings is 1. The average Bonchev–Trinajstić information content (AvgIpc) is 2.89. The number of halogens is 1. The monoisotopic (exact) mass is 339 g/mol. The lowest BCUT2D eigenvalue weighted by molar-refractivity contribution is -0.0403. The summed E-state index contributed by atoms with van der Waals surface area (Å²) < 4.78 is 12.0. The van der Waals surface area contributed by atoms with Crippen molar-refractivity contribution in [3.63, 3.8) is 0 Å². The van der Waals surface area contributed by atoms with Crippen molar-refractivity contribution in [3.05, 3.63) is 28.5 Å². The van der Waals surface area contributed by atoms with Crippen molar-refractivity contribution in [2.24, 2.45) is 0 Å². The maximum atomic E-state index is 5.97. The molecule has 1 aromatic heterocycles. The van der Waals surface area contributed by atoms with E-state index in [1.165, 1.54) is 0 Å². The highest BCUT2D eigenvalue weighted by Gasteiger charge is 2.31. The van der Waals surface area contributed by atoms with Crippen LogP contribution < -0.4 is 5.73 Å². The molecule has 0 saturated heterocycles. The zero-order valence-electron chi connectivity index (χ0n) is 11.8. The molecule has 0 saturated carbocycles. The fourth-order valence-corrected chi connectivity index (χ4v) is 2.30. The third-order valence-corrected chi connectivity index (χ3v) is 3.77. The Labute approximate surface area is 126 Å². The van der Waals surface area contributed by atoms with Gasteiger partial charge in [-0.3, -0.25) is 0 Å². The maximum absolute atomic E-state index is 5.97. The van der Waals surface area contributed by atoms with E-state index in [1.807, 2.05) is 32.9 Å². The first-order valence-electron chi connectivity index (χ1n) is 6.53. The molecular weight excluding hydrogens is 322 g/mol. The molecule has 20 heavy (non-hydrogen) atoms. The van der Waals surface area contributed by atoms with Crippen LogP contribution in [0.4, 0.5) is 5.69 Å². The highest BCUT2D eigenvalue weighted by molar-refractivity contribution is 9.10. The molecule has 108 valence electrons. The summed E-state index contributed by atoms with van der Waals surface area (Å²) in [5.41, 5.74) is 6.74. The van der Waals surface area contributed by atoms with Crippen LogP contribution in [0.1, 0.15) is 33.0 Å². The molecule has 0 spiro atoms. The zero-order chi connectivity index (χ0) is 14.8. The highest BCUT2D eigenvalue weighted by Crippen LogP contribution is 2.31. The molecule has 0 fully saturated rings. The van der Waals surface area contributed by atoms with Gasteiger partial charge in [0.1, 0.15) is 5.60 Å². The third-order valence-electron chi connectivity index (χ3n) is 3.28. The molecule has 0 aliphatic heterocycles. The Morgan fingerprint density at radius 3 is 2.75 bits per heavy atom. The molecule has 1 aromatic carbocycles. The Morgan fingerprint density at radius 1 is 1.40 bits per heavy atom. The molecule has 2 rings (SSSR count). The normalized spacial score (nSPS) is 14.2. The summed E-state index contributed by atoms with van der Waals surface area (Å²) in [6.07, 6.45) is 0.760. The van der Waals surface area contributed by atoms with E-state index in [9.17, 15) is 0 Å². The van der Waals surface area contributed by atoms with Crippen LogP contribution in [0.25, 0.3) is 11.5 Å². The molecule has 1 unspecified atom stereocenters. The van der Waals surface area contributed by atoms with Crippen molar-refractivity contribution < 1.29 is 9.26 Å². The van der Waals surface area contributed by atoms with Gasteiger partial charge in [0.15, 0.2) is 0 Å². The minimum absolute atomic E-state index is 0.407. The fourth-order valence-electron chi connectivity index (χ4n) is 1.92. The molecule has 0 aliphatic carbocycles. The molecule has 0 radical (unpaired) electrons. The van der Waals surface area contributed by atoms with Gasteiger partial charge < -0.3 is 15.0 Å². The molecule has 0 aliphatic rings. The molecule has 2 N–H and O–H groups in total. The highest BCUT2D eigenvalue weighted by atomic mass is 79.9. The van der Waals surface area contributed by atoms with Gasteiger partial charge in [0.05, 0.1) is 5.56 Å². The number of hydrogen-bond donors (Lipinski definition) is 1. The van der Waals surface area contributed by atoms with E-state index >= 15 is 0 Å². The van der Waals surface area contributed by atoms with Crippen molar-refractivity contribution >= 4 is 21.6 Å². The van der Waals surface area contributed by atoms with Crippen molar-refractivity contribution in [1.82, 2.24) is 10.1 Å². The molecule has 0 amide bonds. The molecule has 5 nitrogen and oxygen atoms in total. The summed E-state index contributed by atoms with van der Waals surface area (Å²) >= 11 is 3.37. The number of aromatic nitrogens is 2. The maximum Gasteiger partial charge on any atom is 0.260 e. The van der Waals surface area contributed by atoms with E-state index in [1.54, 1.807) is 6.07 Å². The SMILES string of the molecule is CCOC(C)(CC)c1noc(-c2ccc(Br)cc2N)n1. The lowest BCUT2D eigenvalue weighted by atomic mass is 10.0. The van der Waals surface area contributed by atoms with E-state index < -0.39 is 5.60 Å². The summed E-state index contributed by atoms with van der Waals surface area (Å²) in [5, 5.41) is 4.04. The number of rotatable bonds is 5. The largest absolute Gasteiger partial charge is 0.398 e. The molecule has 1 atom stereocenters. The molecule has 6 heteroatoms. The van der Waals surface area contributed by atoms with Crippen molar-refractivity contribution in [1.29, 1.82) is 0 Å². The summed E-state index contributed by atoms with van der Waals surface area (Å²) in [4.78, 5) is 4.43. The van der Waals surface area contributed by atoms with Crippen LogP contribution in [0.15, 0.2) is 27.2 Å². The second kappa shape index (κ2) is 5.93. The number of nitrogen functional groups attached to an aromatic ring is 1. The molecule has 1 heterocycles. The Hall–Kier alpha value is -1.40. The zero-order valence-corrected chi connectivity index (χ0v) is 13.4. The number of ether oxygens (including phenoxy) is 1. The van der Waals surface area contributed by atoms with Crippen LogP contribution in [0, 0.1) is 0 Å². The van der Waals surface area contributed by atoms with Gasteiger partial charge in [0.25, 0.3) is 5.89 Å². The van der Waals surface area contributed by atoms with E-state index in [4.69, 9.17) is 15.0 Å². The fraction of sp³-hybridized carbons (Fsp3) is 0.429. The topological polar surface area (TPSA) is 74.2 Å². The van der Waals surface area contributed by atoms with E-state index in [2.05, 4.69) is 26.1 Å². The Bertz CT molecular complexity index is 600. The number of nitrogens with two attached hydrogens (primary N) is 1. The van der Waals surface area contributed by atoms with Crippen molar-refractivity contribution in [3.8, 4) is 11.5 Å². The third kappa shape index (κ3) is 2.86. The Kier molecular flexibility index (Phi) is 4.45. The summed E-state index contributed by atoms with van der Waals surface area (Å²) in [6.45, 7) is 6.52. The first-order chi connectivity index (χ1) is 9.50. The molecule has 0 bridgehead atoms. The lowest BCUT2D eigenvalue weighted by Crippen LogP contribution is -2.26. The smallest absolute Gasteiger partial charge is 0.260 e. The summed E-state index contributed by atoms with van der Waals surface area (Å²) in [6, 6.07) is 5.54. The second-order valence-electron chi connectivity index (χ2n) is 4.67. The number of anilines is 1. The minimum atomic E-state index is -0.541. The first kappa shape index (κ1) is 15.0. The van der Waals surface area contributed by atoms with Gasteiger partial charge in [-0.2, -0.15) is 4.98 Å². The quantitative estimate of drug-likeness (QED) is 0.839. The van der Waals surface area contributed by atoms with Gasteiger partial charge in [-0.15, -0.1) is 0 Å². The van der Waals surface area contributed by atoms with Gasteiger partial charge in [-0.1, -0.05) is 28.0 Å². The van der Waals surface area contributed by atoms with Crippen molar-refractivity contribution in [2.45, 2.75) is 32.8 Å². The van der Waals surface area contributed by atoms with Crippen LogP contribution >= 0.6 is 15.9 Å². The van der Waals surface area contributed by atoms with Gasteiger partial charge in [0.2, 0.25) is 5.82 Å². The minimum Gasteiger partial charge on any atom is -0.398 e. The van der Waals surface area contributed by atoms with E-state index in [0.29, 0.717) is 24.0 Å². The second-order valence-corrected chi connectivity index (χ2v) is 5.59. The van der Waals surface area contributed by atoms with Crippen LogP contribution in [0.2, 0.25) is 0 Å². The van der Waals surface area contributed by atoms with E-state index in [0.717, 1.165) is 16.5 Å². The predicted octanol–water partition coefficient (Wildman–Crippen LogP) is 3.74. The summed E-state index contributed by atoms with van der Waals surface area (Å²) in [5.74, 6) is 0.948.